The maximum absolute atomic E-state index is 6.20. The van der Waals surface area contributed by atoms with E-state index in [0.717, 1.165) is 11.1 Å². The molecule has 0 spiro atoms. The minimum absolute atomic E-state index is 0.0225. The van der Waals surface area contributed by atoms with E-state index in [1.54, 1.807) is 0 Å². The zero-order valence-electron chi connectivity index (χ0n) is 16.0. The highest BCUT2D eigenvalue weighted by molar-refractivity contribution is 6.65. The molecule has 0 aliphatic heterocycles. The summed E-state index contributed by atoms with van der Waals surface area (Å²) in [4.78, 5) is 8.60. The van der Waals surface area contributed by atoms with Gasteiger partial charge in [0.2, 0.25) is 5.29 Å². The zero-order valence-corrected chi connectivity index (χ0v) is 16.7. The topological polar surface area (TPSA) is 50.7 Å². The van der Waals surface area contributed by atoms with E-state index in [0.29, 0.717) is 12.4 Å². The number of hydrogen-bond donors (Lipinski definition) is 1. The van der Waals surface area contributed by atoms with Gasteiger partial charge in [0.25, 0.3) is 0 Å². The standard InChI is InChI=1S/C24H22ClN3/c1-24(2)20-11-7-6-10-18(20)19-13-12-16(14-21(19)24)15-27-23(25)28-22(26)17-8-4-3-5-9-17/h3-14H,15H2,1-2H3,(H2,26,27,28). The molecule has 28 heavy (non-hydrogen) atoms. The van der Waals surface area contributed by atoms with E-state index in [-0.39, 0.29) is 10.7 Å². The summed E-state index contributed by atoms with van der Waals surface area (Å²) >= 11 is 6.20. The fraction of sp³-hybridized carbons (Fsp3) is 0.167. The van der Waals surface area contributed by atoms with Crippen LogP contribution in [0.3, 0.4) is 0 Å². The minimum atomic E-state index is -0.0225. The Morgan fingerprint density at radius 1 is 0.893 bits per heavy atom. The highest BCUT2D eigenvalue weighted by Crippen LogP contribution is 2.48. The molecule has 1 aliphatic carbocycles. The first kappa shape index (κ1) is 18.5. The van der Waals surface area contributed by atoms with Gasteiger partial charge in [-0.1, -0.05) is 86.6 Å². The molecule has 3 aromatic carbocycles. The van der Waals surface area contributed by atoms with Crippen LogP contribution in [0.25, 0.3) is 11.1 Å². The molecule has 3 aromatic rings. The number of amidine groups is 2. The lowest BCUT2D eigenvalue weighted by molar-refractivity contribution is 0.659. The van der Waals surface area contributed by atoms with Crippen LogP contribution in [0.4, 0.5) is 0 Å². The molecule has 0 saturated heterocycles. The van der Waals surface area contributed by atoms with E-state index in [1.807, 2.05) is 30.3 Å². The molecule has 1 aliphatic rings. The number of halogens is 1. The molecule has 0 bridgehead atoms. The van der Waals surface area contributed by atoms with Crippen LogP contribution in [0.2, 0.25) is 0 Å². The van der Waals surface area contributed by atoms with Gasteiger partial charge in [0.1, 0.15) is 5.84 Å². The van der Waals surface area contributed by atoms with Crippen LogP contribution in [0.1, 0.15) is 36.1 Å². The number of nitrogens with zero attached hydrogens (tertiary/aromatic N) is 2. The molecule has 0 fully saturated rings. The lowest BCUT2D eigenvalue weighted by atomic mass is 9.82. The first-order valence-electron chi connectivity index (χ1n) is 9.29. The molecular weight excluding hydrogens is 366 g/mol. The average Bonchev–Trinajstić information content (AvgIpc) is 2.94. The molecule has 4 heteroatoms. The Bertz CT molecular complexity index is 1080. The van der Waals surface area contributed by atoms with Gasteiger partial charge < -0.3 is 5.73 Å². The Balaban J connectivity index is 1.58. The van der Waals surface area contributed by atoms with E-state index in [9.17, 15) is 0 Å². The maximum atomic E-state index is 6.20. The van der Waals surface area contributed by atoms with Crippen LogP contribution >= 0.6 is 11.6 Å². The SMILES string of the molecule is CC1(C)c2ccccc2-c2ccc(C/N=C(Cl)\N=C(/N)c3ccccc3)cc21. The lowest BCUT2D eigenvalue weighted by Gasteiger charge is -2.21. The van der Waals surface area contributed by atoms with E-state index >= 15 is 0 Å². The molecule has 0 radical (unpaired) electrons. The van der Waals surface area contributed by atoms with Crippen molar-refractivity contribution in [1.82, 2.24) is 0 Å². The summed E-state index contributed by atoms with van der Waals surface area (Å²) in [6.45, 7) is 5.00. The smallest absolute Gasteiger partial charge is 0.220 e. The number of aliphatic imine (C=N–C) groups is 2. The normalized spacial score (nSPS) is 15.2. The van der Waals surface area contributed by atoms with Crippen LogP contribution in [-0.2, 0) is 12.0 Å². The first-order chi connectivity index (χ1) is 13.5. The number of hydrogen-bond acceptors (Lipinski definition) is 1. The second-order valence-corrected chi connectivity index (χ2v) is 7.84. The Hall–Kier alpha value is -2.91. The molecule has 0 aromatic heterocycles. The highest BCUT2D eigenvalue weighted by atomic mass is 35.5. The Kier molecular flexibility index (Phi) is 4.78. The Morgan fingerprint density at radius 2 is 1.57 bits per heavy atom. The van der Waals surface area contributed by atoms with Crippen LogP contribution in [0, 0.1) is 0 Å². The van der Waals surface area contributed by atoms with E-state index in [1.165, 1.54) is 22.3 Å². The van der Waals surface area contributed by atoms with Gasteiger partial charge >= 0.3 is 0 Å². The van der Waals surface area contributed by atoms with Crippen molar-refractivity contribution < 1.29 is 0 Å². The number of nitrogens with two attached hydrogens (primary N) is 1. The number of fused-ring (bicyclic) bond motifs is 3. The third-order valence-corrected chi connectivity index (χ3v) is 5.53. The molecular formula is C24H22ClN3. The van der Waals surface area contributed by atoms with Crippen molar-refractivity contribution in [3.63, 3.8) is 0 Å². The highest BCUT2D eigenvalue weighted by Gasteiger charge is 2.34. The summed E-state index contributed by atoms with van der Waals surface area (Å²) in [5, 5.41) is 0.157. The summed E-state index contributed by atoms with van der Waals surface area (Å²) in [6.07, 6.45) is 0. The van der Waals surface area contributed by atoms with Gasteiger partial charge in [0.05, 0.1) is 6.54 Å². The van der Waals surface area contributed by atoms with Crippen LogP contribution in [0.15, 0.2) is 82.8 Å². The van der Waals surface area contributed by atoms with Gasteiger partial charge in [-0.3, -0.25) is 4.99 Å². The third-order valence-electron chi connectivity index (χ3n) is 5.32. The molecule has 0 saturated carbocycles. The maximum Gasteiger partial charge on any atom is 0.220 e. The Morgan fingerprint density at radius 3 is 2.36 bits per heavy atom. The van der Waals surface area contributed by atoms with Crippen LogP contribution in [-0.4, -0.2) is 11.1 Å². The molecule has 0 amide bonds. The number of rotatable bonds is 3. The van der Waals surface area contributed by atoms with E-state index in [4.69, 9.17) is 17.3 Å². The largest absolute Gasteiger partial charge is 0.383 e. The fourth-order valence-corrected chi connectivity index (χ4v) is 3.97. The van der Waals surface area contributed by atoms with Crippen molar-refractivity contribution in [2.45, 2.75) is 25.8 Å². The summed E-state index contributed by atoms with van der Waals surface area (Å²) in [6, 6.07) is 24.7. The van der Waals surface area contributed by atoms with Crippen molar-refractivity contribution in [2.75, 3.05) is 0 Å². The quantitative estimate of drug-likeness (QED) is 0.360. The van der Waals surface area contributed by atoms with Crippen LogP contribution < -0.4 is 5.73 Å². The van der Waals surface area contributed by atoms with E-state index in [2.05, 4.69) is 66.3 Å². The van der Waals surface area contributed by atoms with Gasteiger partial charge in [-0.2, -0.15) is 0 Å². The number of benzene rings is 3. The zero-order chi connectivity index (χ0) is 19.7. The van der Waals surface area contributed by atoms with Crippen molar-refractivity contribution >= 4 is 22.7 Å². The van der Waals surface area contributed by atoms with Crippen molar-refractivity contribution in [3.05, 3.63) is 95.1 Å². The van der Waals surface area contributed by atoms with Gasteiger partial charge in [-0.15, -0.1) is 0 Å². The summed E-state index contributed by atoms with van der Waals surface area (Å²) in [5.74, 6) is 0.361. The van der Waals surface area contributed by atoms with Gasteiger partial charge in [-0.05, 0) is 39.4 Å². The van der Waals surface area contributed by atoms with E-state index < -0.39 is 0 Å². The monoisotopic (exact) mass is 387 g/mol. The summed E-state index contributed by atoms with van der Waals surface area (Å²) in [5.41, 5.74) is 13.2. The molecule has 3 nitrogen and oxygen atoms in total. The second-order valence-electron chi connectivity index (χ2n) is 7.50. The van der Waals surface area contributed by atoms with Crippen molar-refractivity contribution in [3.8, 4) is 11.1 Å². The fourth-order valence-electron chi connectivity index (χ4n) is 3.81. The predicted octanol–water partition coefficient (Wildman–Crippen LogP) is 5.49. The average molecular weight is 388 g/mol. The van der Waals surface area contributed by atoms with Gasteiger partial charge in [-0.25, -0.2) is 4.99 Å². The molecule has 4 rings (SSSR count). The minimum Gasteiger partial charge on any atom is -0.383 e. The first-order valence-corrected chi connectivity index (χ1v) is 9.67. The van der Waals surface area contributed by atoms with Gasteiger partial charge in [0, 0.05) is 11.0 Å². The molecule has 0 unspecified atom stereocenters. The molecule has 0 heterocycles. The predicted molar refractivity (Wildman–Crippen MR) is 118 cm³/mol. The third kappa shape index (κ3) is 3.34. The summed E-state index contributed by atoms with van der Waals surface area (Å²) in [7, 11) is 0. The molecule has 2 N–H and O–H groups in total. The van der Waals surface area contributed by atoms with Crippen molar-refractivity contribution in [1.29, 1.82) is 0 Å². The van der Waals surface area contributed by atoms with Crippen LogP contribution in [0.5, 0.6) is 0 Å². The molecule has 140 valence electrons. The van der Waals surface area contributed by atoms with Crippen molar-refractivity contribution in [2.24, 2.45) is 15.7 Å². The van der Waals surface area contributed by atoms with Gasteiger partial charge in [0.15, 0.2) is 0 Å². The molecule has 0 atom stereocenters. The lowest BCUT2D eigenvalue weighted by Crippen LogP contribution is -2.15. The summed E-state index contributed by atoms with van der Waals surface area (Å²) < 4.78 is 0. The Labute approximate surface area is 170 Å². The second kappa shape index (κ2) is 7.25.